The summed E-state index contributed by atoms with van der Waals surface area (Å²) in [5.74, 6) is 0.966. The van der Waals surface area contributed by atoms with Crippen molar-refractivity contribution in [2.24, 2.45) is 0 Å². The van der Waals surface area contributed by atoms with Crippen LogP contribution < -0.4 is 0 Å². The average molecular weight is 316 g/mol. The number of benzene rings is 1. The molecule has 1 aromatic carbocycles. The van der Waals surface area contributed by atoms with E-state index in [-0.39, 0.29) is 5.38 Å². The molecule has 1 atom stereocenters. The molecular formula is C13H16BrClN2. The van der Waals surface area contributed by atoms with Gasteiger partial charge < -0.3 is 4.57 Å². The van der Waals surface area contributed by atoms with Crippen LogP contribution in [0.25, 0.3) is 11.0 Å². The zero-order valence-electron chi connectivity index (χ0n) is 10.1. The maximum atomic E-state index is 6.20. The smallest absolute Gasteiger partial charge is 0.127 e. The first-order valence-corrected chi connectivity index (χ1v) is 7.16. The van der Waals surface area contributed by atoms with Crippen LogP contribution in [0.15, 0.2) is 22.7 Å². The number of hydrogen-bond donors (Lipinski definition) is 0. The first-order valence-electron chi connectivity index (χ1n) is 5.93. The molecule has 2 nitrogen and oxygen atoms in total. The Morgan fingerprint density at radius 3 is 2.88 bits per heavy atom. The zero-order chi connectivity index (χ0) is 12.4. The second-order valence-electron chi connectivity index (χ2n) is 4.22. The summed E-state index contributed by atoms with van der Waals surface area (Å²) in [6, 6.07) is 6.16. The third-order valence-electron chi connectivity index (χ3n) is 2.83. The number of imidazole rings is 1. The normalized spacial score (nSPS) is 13.2. The van der Waals surface area contributed by atoms with Gasteiger partial charge in [0.1, 0.15) is 5.82 Å². The van der Waals surface area contributed by atoms with E-state index in [2.05, 4.69) is 38.5 Å². The van der Waals surface area contributed by atoms with Crippen molar-refractivity contribution in [3.63, 3.8) is 0 Å². The number of aryl methyl sites for hydroxylation is 1. The van der Waals surface area contributed by atoms with E-state index in [0.29, 0.717) is 0 Å². The molecule has 0 amide bonds. The Morgan fingerprint density at radius 2 is 2.24 bits per heavy atom. The maximum Gasteiger partial charge on any atom is 0.127 e. The van der Waals surface area contributed by atoms with Crippen LogP contribution in [-0.4, -0.2) is 9.55 Å². The van der Waals surface area contributed by atoms with Gasteiger partial charge in [-0.1, -0.05) is 29.3 Å². The standard InChI is InChI=1S/C13H16BrClN2/c1-3-4-7-17-12-8-10(14)5-6-11(12)16-13(17)9(2)15/h5-6,8-9H,3-4,7H2,1-2H3. The molecule has 0 saturated heterocycles. The van der Waals surface area contributed by atoms with Crippen LogP contribution in [0.4, 0.5) is 0 Å². The minimum atomic E-state index is -0.0574. The van der Waals surface area contributed by atoms with Gasteiger partial charge in [-0.2, -0.15) is 0 Å². The molecule has 0 N–H and O–H groups in total. The molecule has 1 unspecified atom stereocenters. The fourth-order valence-corrected chi connectivity index (χ4v) is 2.49. The summed E-state index contributed by atoms with van der Waals surface area (Å²) in [6.07, 6.45) is 2.32. The Morgan fingerprint density at radius 1 is 1.47 bits per heavy atom. The number of aromatic nitrogens is 2. The van der Waals surface area contributed by atoms with Crippen molar-refractivity contribution in [3.8, 4) is 0 Å². The first kappa shape index (κ1) is 12.9. The third-order valence-corrected chi connectivity index (χ3v) is 3.52. The van der Waals surface area contributed by atoms with Gasteiger partial charge in [-0.15, -0.1) is 11.6 Å². The van der Waals surface area contributed by atoms with Crippen LogP contribution in [0, 0.1) is 0 Å². The van der Waals surface area contributed by atoms with E-state index in [9.17, 15) is 0 Å². The van der Waals surface area contributed by atoms with Gasteiger partial charge in [-0.3, -0.25) is 0 Å². The van der Waals surface area contributed by atoms with Crippen LogP contribution >= 0.6 is 27.5 Å². The van der Waals surface area contributed by atoms with E-state index in [0.717, 1.165) is 34.3 Å². The van der Waals surface area contributed by atoms with Crippen molar-refractivity contribution < 1.29 is 0 Å². The molecule has 0 aliphatic heterocycles. The van der Waals surface area contributed by atoms with E-state index in [4.69, 9.17) is 11.6 Å². The lowest BCUT2D eigenvalue weighted by molar-refractivity contribution is 0.616. The molecule has 0 aliphatic rings. The monoisotopic (exact) mass is 314 g/mol. The highest BCUT2D eigenvalue weighted by Gasteiger charge is 2.14. The van der Waals surface area contributed by atoms with Crippen molar-refractivity contribution in [2.45, 2.75) is 38.6 Å². The van der Waals surface area contributed by atoms with Gasteiger partial charge >= 0.3 is 0 Å². The second-order valence-corrected chi connectivity index (χ2v) is 5.79. The van der Waals surface area contributed by atoms with E-state index >= 15 is 0 Å². The molecule has 0 radical (unpaired) electrons. The predicted molar refractivity (Wildman–Crippen MR) is 76.6 cm³/mol. The number of unbranched alkanes of at least 4 members (excludes halogenated alkanes) is 1. The molecule has 92 valence electrons. The van der Waals surface area contributed by atoms with Gasteiger partial charge in [-0.25, -0.2) is 4.98 Å². The molecule has 1 heterocycles. The molecule has 2 aromatic rings. The number of rotatable bonds is 4. The third kappa shape index (κ3) is 2.66. The molecule has 0 fully saturated rings. The van der Waals surface area contributed by atoms with Crippen molar-refractivity contribution in [2.75, 3.05) is 0 Å². The molecule has 2 rings (SSSR count). The molecule has 0 saturated carbocycles. The van der Waals surface area contributed by atoms with Crippen molar-refractivity contribution in [3.05, 3.63) is 28.5 Å². The highest BCUT2D eigenvalue weighted by atomic mass is 79.9. The highest BCUT2D eigenvalue weighted by Crippen LogP contribution is 2.27. The fraction of sp³-hybridized carbons (Fsp3) is 0.462. The SMILES string of the molecule is CCCCn1c(C(C)Cl)nc2ccc(Br)cc21. The van der Waals surface area contributed by atoms with Crippen molar-refractivity contribution >= 4 is 38.6 Å². The minimum Gasteiger partial charge on any atom is -0.327 e. The average Bonchev–Trinajstić information content (AvgIpc) is 2.64. The van der Waals surface area contributed by atoms with Crippen LogP contribution in [-0.2, 0) is 6.54 Å². The summed E-state index contributed by atoms with van der Waals surface area (Å²) >= 11 is 9.71. The number of fused-ring (bicyclic) bond motifs is 1. The van der Waals surface area contributed by atoms with E-state index < -0.39 is 0 Å². The number of hydrogen-bond acceptors (Lipinski definition) is 1. The van der Waals surface area contributed by atoms with Crippen molar-refractivity contribution in [1.82, 2.24) is 9.55 Å². The second kappa shape index (κ2) is 5.40. The Labute approximate surface area is 115 Å². The van der Waals surface area contributed by atoms with Crippen LogP contribution in [0.2, 0.25) is 0 Å². The Balaban J connectivity index is 2.56. The van der Waals surface area contributed by atoms with Gasteiger partial charge in [0, 0.05) is 11.0 Å². The lowest BCUT2D eigenvalue weighted by atomic mass is 10.3. The van der Waals surface area contributed by atoms with Gasteiger partial charge in [0.25, 0.3) is 0 Å². The minimum absolute atomic E-state index is 0.0574. The van der Waals surface area contributed by atoms with Crippen LogP contribution in [0.3, 0.4) is 0 Å². The number of alkyl halides is 1. The largest absolute Gasteiger partial charge is 0.327 e. The molecular weight excluding hydrogens is 300 g/mol. The summed E-state index contributed by atoms with van der Waals surface area (Å²) in [4.78, 5) is 4.62. The number of halogens is 2. The molecule has 0 aliphatic carbocycles. The molecule has 0 spiro atoms. The highest BCUT2D eigenvalue weighted by molar-refractivity contribution is 9.10. The van der Waals surface area contributed by atoms with Gasteiger partial charge in [0.15, 0.2) is 0 Å². The maximum absolute atomic E-state index is 6.20. The summed E-state index contributed by atoms with van der Waals surface area (Å²) in [7, 11) is 0. The van der Waals surface area contributed by atoms with Crippen molar-refractivity contribution in [1.29, 1.82) is 0 Å². The molecule has 0 bridgehead atoms. The molecule has 17 heavy (non-hydrogen) atoms. The van der Waals surface area contributed by atoms with Crippen LogP contribution in [0.1, 0.15) is 37.9 Å². The van der Waals surface area contributed by atoms with Crippen LogP contribution in [0.5, 0.6) is 0 Å². The quantitative estimate of drug-likeness (QED) is 0.734. The van der Waals surface area contributed by atoms with Gasteiger partial charge in [0.2, 0.25) is 0 Å². The number of nitrogens with zero attached hydrogens (tertiary/aromatic N) is 2. The van der Waals surface area contributed by atoms with E-state index in [1.165, 1.54) is 6.42 Å². The zero-order valence-corrected chi connectivity index (χ0v) is 12.4. The molecule has 4 heteroatoms. The van der Waals surface area contributed by atoms with Gasteiger partial charge in [0.05, 0.1) is 16.4 Å². The molecule has 1 aromatic heterocycles. The predicted octanol–water partition coefficient (Wildman–Crippen LogP) is 4.90. The fourth-order valence-electron chi connectivity index (χ4n) is 1.97. The van der Waals surface area contributed by atoms with E-state index in [1.54, 1.807) is 0 Å². The van der Waals surface area contributed by atoms with E-state index in [1.807, 2.05) is 19.1 Å². The van der Waals surface area contributed by atoms with Gasteiger partial charge in [-0.05, 0) is 31.5 Å². The lowest BCUT2D eigenvalue weighted by Crippen LogP contribution is -2.04. The topological polar surface area (TPSA) is 17.8 Å². The Hall–Kier alpha value is -0.540. The summed E-state index contributed by atoms with van der Waals surface area (Å²) in [5, 5.41) is -0.0574. The summed E-state index contributed by atoms with van der Waals surface area (Å²) in [5.41, 5.74) is 2.18. The Bertz CT molecular complexity index is 519. The summed E-state index contributed by atoms with van der Waals surface area (Å²) in [6.45, 7) is 5.15. The Kier molecular flexibility index (Phi) is 4.10. The summed E-state index contributed by atoms with van der Waals surface area (Å²) < 4.78 is 3.32. The lowest BCUT2D eigenvalue weighted by Gasteiger charge is -2.09. The first-order chi connectivity index (χ1) is 8.13.